The largest absolute Gasteiger partial charge is 0.508 e. The minimum absolute atomic E-state index is 0.0770. The molecule has 0 spiro atoms. The molecule has 1 amide bonds. The predicted molar refractivity (Wildman–Crippen MR) is 68.2 cm³/mol. The fourth-order valence-electron chi connectivity index (χ4n) is 1.63. The molecule has 1 heterocycles. The molecule has 4 nitrogen and oxygen atoms in total. The van der Waals surface area contributed by atoms with Gasteiger partial charge in [-0.1, -0.05) is 12.1 Å². The molecular weight excluding hydrogens is 228 g/mol. The number of benzene rings is 1. The lowest BCUT2D eigenvalue weighted by Gasteiger charge is -2.13. The molecule has 4 heteroatoms. The highest BCUT2D eigenvalue weighted by Gasteiger charge is 2.12. The van der Waals surface area contributed by atoms with Crippen LogP contribution in [0.15, 0.2) is 48.7 Å². The maximum atomic E-state index is 11.9. The van der Waals surface area contributed by atoms with Gasteiger partial charge in [0, 0.05) is 11.8 Å². The smallest absolute Gasteiger partial charge is 0.251 e. The van der Waals surface area contributed by atoms with E-state index in [-0.39, 0.29) is 17.7 Å². The van der Waals surface area contributed by atoms with Gasteiger partial charge in [-0.2, -0.15) is 0 Å². The first-order chi connectivity index (χ1) is 8.66. The molecule has 1 unspecified atom stereocenters. The molecular formula is C14H14N2O2. The van der Waals surface area contributed by atoms with Gasteiger partial charge in [0.15, 0.2) is 0 Å². The standard InChI is InChI=1S/C14H14N2O2/c1-10(13-7-2-3-8-15-13)16-14(18)11-5-4-6-12(17)9-11/h2-10,17H,1H3,(H,16,18). The number of pyridine rings is 1. The van der Waals surface area contributed by atoms with Crippen molar-refractivity contribution in [2.75, 3.05) is 0 Å². The van der Waals surface area contributed by atoms with Crippen molar-refractivity contribution < 1.29 is 9.90 Å². The van der Waals surface area contributed by atoms with Crippen LogP contribution in [0.25, 0.3) is 0 Å². The van der Waals surface area contributed by atoms with Gasteiger partial charge < -0.3 is 10.4 Å². The first-order valence-corrected chi connectivity index (χ1v) is 5.67. The monoisotopic (exact) mass is 242 g/mol. The van der Waals surface area contributed by atoms with Crippen molar-refractivity contribution in [3.05, 3.63) is 59.9 Å². The second-order valence-electron chi connectivity index (χ2n) is 4.00. The van der Waals surface area contributed by atoms with Crippen molar-refractivity contribution in [2.24, 2.45) is 0 Å². The van der Waals surface area contributed by atoms with E-state index in [1.807, 2.05) is 25.1 Å². The Morgan fingerprint density at radius 3 is 2.78 bits per heavy atom. The molecule has 2 aromatic rings. The number of carbonyl (C=O) groups excluding carboxylic acids is 1. The van der Waals surface area contributed by atoms with Crippen molar-refractivity contribution >= 4 is 5.91 Å². The van der Waals surface area contributed by atoms with E-state index in [1.165, 1.54) is 12.1 Å². The van der Waals surface area contributed by atoms with E-state index in [4.69, 9.17) is 0 Å². The van der Waals surface area contributed by atoms with Crippen LogP contribution in [0.5, 0.6) is 5.75 Å². The number of phenols is 1. The number of phenolic OH excluding ortho intramolecular Hbond substituents is 1. The molecule has 0 saturated heterocycles. The third-order valence-corrected chi connectivity index (χ3v) is 2.59. The Kier molecular flexibility index (Phi) is 3.57. The summed E-state index contributed by atoms with van der Waals surface area (Å²) in [6.45, 7) is 1.86. The van der Waals surface area contributed by atoms with Crippen LogP contribution in [0.2, 0.25) is 0 Å². The SMILES string of the molecule is CC(NC(=O)c1cccc(O)c1)c1ccccn1. The average molecular weight is 242 g/mol. The number of nitrogens with one attached hydrogen (secondary N) is 1. The predicted octanol–water partition coefficient (Wildman–Crippen LogP) is 2.28. The molecule has 0 bridgehead atoms. The van der Waals surface area contributed by atoms with Crippen LogP contribution < -0.4 is 5.32 Å². The zero-order chi connectivity index (χ0) is 13.0. The summed E-state index contributed by atoms with van der Waals surface area (Å²) in [5, 5.41) is 12.1. The number of hydrogen-bond acceptors (Lipinski definition) is 3. The van der Waals surface area contributed by atoms with E-state index in [2.05, 4.69) is 10.3 Å². The Balaban J connectivity index is 2.08. The lowest BCUT2D eigenvalue weighted by atomic mass is 10.1. The summed E-state index contributed by atoms with van der Waals surface area (Å²) in [4.78, 5) is 16.1. The molecule has 0 fully saturated rings. The Hall–Kier alpha value is -2.36. The van der Waals surface area contributed by atoms with Gasteiger partial charge in [-0.15, -0.1) is 0 Å². The molecule has 0 aliphatic rings. The van der Waals surface area contributed by atoms with Crippen molar-refractivity contribution in [3.63, 3.8) is 0 Å². The van der Waals surface area contributed by atoms with Gasteiger partial charge in [-0.05, 0) is 37.3 Å². The second kappa shape index (κ2) is 5.31. The van der Waals surface area contributed by atoms with Crippen molar-refractivity contribution in [1.82, 2.24) is 10.3 Å². The number of aromatic hydroxyl groups is 1. The van der Waals surface area contributed by atoms with E-state index in [1.54, 1.807) is 18.3 Å². The number of nitrogens with zero attached hydrogens (tertiary/aromatic N) is 1. The van der Waals surface area contributed by atoms with Crippen LogP contribution >= 0.6 is 0 Å². The zero-order valence-electron chi connectivity index (χ0n) is 10.00. The number of rotatable bonds is 3. The summed E-state index contributed by atoms with van der Waals surface area (Å²) < 4.78 is 0. The van der Waals surface area contributed by atoms with E-state index < -0.39 is 0 Å². The molecule has 0 aliphatic carbocycles. The van der Waals surface area contributed by atoms with Gasteiger partial charge in [0.05, 0.1) is 11.7 Å². The van der Waals surface area contributed by atoms with E-state index in [0.29, 0.717) is 5.56 Å². The van der Waals surface area contributed by atoms with Crippen molar-refractivity contribution in [1.29, 1.82) is 0 Å². The third-order valence-electron chi connectivity index (χ3n) is 2.59. The van der Waals surface area contributed by atoms with Crippen LogP contribution in [0.3, 0.4) is 0 Å². The molecule has 18 heavy (non-hydrogen) atoms. The maximum Gasteiger partial charge on any atom is 0.251 e. The van der Waals surface area contributed by atoms with Crippen molar-refractivity contribution in [2.45, 2.75) is 13.0 Å². The molecule has 92 valence electrons. The second-order valence-corrected chi connectivity index (χ2v) is 4.00. The maximum absolute atomic E-state index is 11.9. The average Bonchev–Trinajstić information content (AvgIpc) is 2.39. The topological polar surface area (TPSA) is 62.2 Å². The molecule has 1 aromatic heterocycles. The fraction of sp³-hybridized carbons (Fsp3) is 0.143. The molecule has 0 saturated carbocycles. The summed E-state index contributed by atoms with van der Waals surface area (Å²) in [6, 6.07) is 11.6. The Bertz CT molecular complexity index is 541. The Labute approximate surface area is 105 Å². The van der Waals surface area contributed by atoms with E-state index in [9.17, 15) is 9.90 Å². The molecule has 2 N–H and O–H groups in total. The lowest BCUT2D eigenvalue weighted by molar-refractivity contribution is 0.0938. The van der Waals surface area contributed by atoms with Crippen LogP contribution in [-0.2, 0) is 0 Å². The van der Waals surface area contributed by atoms with Gasteiger partial charge in [-0.3, -0.25) is 9.78 Å². The fourth-order valence-corrected chi connectivity index (χ4v) is 1.63. The van der Waals surface area contributed by atoms with E-state index in [0.717, 1.165) is 5.69 Å². The van der Waals surface area contributed by atoms with Gasteiger partial charge in [-0.25, -0.2) is 0 Å². The summed E-state index contributed by atoms with van der Waals surface area (Å²) >= 11 is 0. The van der Waals surface area contributed by atoms with Gasteiger partial charge in [0.25, 0.3) is 5.91 Å². The Morgan fingerprint density at radius 1 is 1.28 bits per heavy atom. The zero-order valence-corrected chi connectivity index (χ0v) is 10.00. The summed E-state index contributed by atoms with van der Waals surface area (Å²) in [5.74, 6) is -0.155. The normalized spacial score (nSPS) is 11.8. The number of carbonyl (C=O) groups is 1. The minimum Gasteiger partial charge on any atom is -0.508 e. The first-order valence-electron chi connectivity index (χ1n) is 5.67. The van der Waals surface area contributed by atoms with Crippen LogP contribution in [-0.4, -0.2) is 16.0 Å². The highest BCUT2D eigenvalue weighted by atomic mass is 16.3. The quantitative estimate of drug-likeness (QED) is 0.868. The molecule has 0 aliphatic heterocycles. The highest BCUT2D eigenvalue weighted by Crippen LogP contribution is 2.13. The lowest BCUT2D eigenvalue weighted by Crippen LogP contribution is -2.27. The van der Waals surface area contributed by atoms with Gasteiger partial charge in [0.2, 0.25) is 0 Å². The molecule has 1 aromatic carbocycles. The number of hydrogen-bond donors (Lipinski definition) is 2. The highest BCUT2D eigenvalue weighted by molar-refractivity contribution is 5.94. The van der Waals surface area contributed by atoms with Crippen LogP contribution in [0.4, 0.5) is 0 Å². The number of aromatic nitrogens is 1. The number of amides is 1. The first kappa shape index (κ1) is 12.1. The summed E-state index contributed by atoms with van der Waals surface area (Å²) in [6.07, 6.45) is 1.69. The minimum atomic E-state index is -0.232. The van der Waals surface area contributed by atoms with E-state index >= 15 is 0 Å². The van der Waals surface area contributed by atoms with Gasteiger partial charge >= 0.3 is 0 Å². The molecule has 1 atom stereocenters. The van der Waals surface area contributed by atoms with Crippen molar-refractivity contribution in [3.8, 4) is 5.75 Å². The van der Waals surface area contributed by atoms with Crippen LogP contribution in [0.1, 0.15) is 29.0 Å². The summed E-state index contributed by atoms with van der Waals surface area (Å²) in [7, 11) is 0. The van der Waals surface area contributed by atoms with Gasteiger partial charge in [0.1, 0.15) is 5.75 Å². The Morgan fingerprint density at radius 2 is 2.11 bits per heavy atom. The summed E-state index contributed by atoms with van der Waals surface area (Å²) in [5.41, 5.74) is 1.23. The third kappa shape index (κ3) is 2.85. The molecule has 2 rings (SSSR count). The van der Waals surface area contributed by atoms with Crippen LogP contribution in [0, 0.1) is 0 Å². The molecule has 0 radical (unpaired) electrons.